The van der Waals surface area contributed by atoms with Gasteiger partial charge in [-0.3, -0.25) is 0 Å². The minimum atomic E-state index is -0.0844. The third-order valence-corrected chi connectivity index (χ3v) is 12.2. The largest absolute Gasteiger partial charge is 0.455 e. The van der Waals surface area contributed by atoms with Crippen LogP contribution in [0.25, 0.3) is 110 Å². The highest BCUT2D eigenvalue weighted by Gasteiger charge is 2.20. The van der Waals surface area contributed by atoms with Gasteiger partial charge in [-0.15, -0.1) is 0 Å². The van der Waals surface area contributed by atoms with Crippen LogP contribution in [0.15, 0.2) is 199 Å². The summed E-state index contributed by atoms with van der Waals surface area (Å²) in [5.74, 6) is -0.0844. The van der Waals surface area contributed by atoms with E-state index in [9.17, 15) is 5.26 Å². The molecule has 1 aliphatic carbocycles. The summed E-state index contributed by atoms with van der Waals surface area (Å²) in [7, 11) is 0. The van der Waals surface area contributed by atoms with Gasteiger partial charge in [-0.05, 0) is 101 Å². The molecule has 0 aliphatic heterocycles. The fourth-order valence-electron chi connectivity index (χ4n) is 9.48. The molecule has 0 spiro atoms. The zero-order valence-corrected chi connectivity index (χ0v) is 32.0. The minimum Gasteiger partial charge on any atom is -0.455 e. The van der Waals surface area contributed by atoms with Gasteiger partial charge >= 0.3 is 0 Å². The maximum atomic E-state index is 9.53. The lowest BCUT2D eigenvalue weighted by molar-refractivity contribution is 0.670. The predicted octanol–water partition coefficient (Wildman–Crippen LogP) is 14.7. The van der Waals surface area contributed by atoms with Crippen molar-refractivity contribution < 1.29 is 4.42 Å². The second-order valence-corrected chi connectivity index (χ2v) is 15.5. The van der Waals surface area contributed by atoms with E-state index >= 15 is 0 Å². The van der Waals surface area contributed by atoms with Gasteiger partial charge in [-0.1, -0.05) is 127 Å². The minimum absolute atomic E-state index is 0.0844. The van der Waals surface area contributed by atoms with Crippen molar-refractivity contribution >= 4 is 71.2 Å². The molecule has 4 nitrogen and oxygen atoms in total. The topological polar surface area (TPSA) is 46.8 Å². The fraction of sp³-hybridized carbons (Fsp3) is 0.0364. The summed E-state index contributed by atoms with van der Waals surface area (Å²) >= 11 is 0. The number of para-hydroxylation sites is 4. The molecule has 11 aromatic rings. The quantitative estimate of drug-likeness (QED) is 0.176. The Hall–Kier alpha value is -7.87. The average Bonchev–Trinajstić information content (AvgIpc) is 3.97. The molecule has 12 rings (SSSR count). The monoisotopic (exact) mass is 753 g/mol. The van der Waals surface area contributed by atoms with Gasteiger partial charge in [0.15, 0.2) is 0 Å². The van der Waals surface area contributed by atoms with E-state index < -0.39 is 0 Å². The van der Waals surface area contributed by atoms with Crippen LogP contribution in [0.2, 0.25) is 0 Å². The lowest BCUT2D eigenvalue weighted by atomic mass is 9.95. The molecule has 3 aromatic heterocycles. The number of hydrogen-bond acceptors (Lipinski definition) is 2. The molecule has 1 atom stereocenters. The Balaban J connectivity index is 1.03. The molecule has 0 radical (unpaired) electrons. The Labute approximate surface area is 340 Å². The molecule has 1 aliphatic rings. The molecule has 0 fully saturated rings. The van der Waals surface area contributed by atoms with Crippen molar-refractivity contribution in [3.05, 3.63) is 194 Å². The highest BCUT2D eigenvalue weighted by atomic mass is 16.3. The van der Waals surface area contributed by atoms with Crippen molar-refractivity contribution in [3.8, 4) is 45.1 Å². The van der Waals surface area contributed by atoms with E-state index in [1.54, 1.807) is 0 Å². The van der Waals surface area contributed by atoms with Gasteiger partial charge in [-0.25, -0.2) is 0 Å². The highest BCUT2D eigenvalue weighted by Crippen LogP contribution is 2.43. The first kappa shape index (κ1) is 33.3. The second kappa shape index (κ2) is 13.1. The number of furan rings is 1. The Bertz CT molecular complexity index is 3610. The third-order valence-electron chi connectivity index (χ3n) is 12.2. The van der Waals surface area contributed by atoms with E-state index in [0.717, 1.165) is 77.6 Å². The van der Waals surface area contributed by atoms with Gasteiger partial charge in [0, 0.05) is 49.3 Å². The molecule has 0 bridgehead atoms. The van der Waals surface area contributed by atoms with E-state index in [1.807, 2.05) is 18.2 Å². The fourth-order valence-corrected chi connectivity index (χ4v) is 9.48. The lowest BCUT2D eigenvalue weighted by Crippen LogP contribution is -2.01. The van der Waals surface area contributed by atoms with Gasteiger partial charge in [0.2, 0.25) is 0 Å². The van der Waals surface area contributed by atoms with Crippen LogP contribution >= 0.6 is 0 Å². The molecule has 276 valence electrons. The summed E-state index contributed by atoms with van der Waals surface area (Å²) in [6, 6.07) is 65.8. The van der Waals surface area contributed by atoms with Crippen molar-refractivity contribution in [1.82, 2.24) is 9.13 Å². The van der Waals surface area contributed by atoms with Gasteiger partial charge in [0.05, 0.1) is 34.1 Å². The van der Waals surface area contributed by atoms with E-state index in [1.165, 1.54) is 32.7 Å². The summed E-state index contributed by atoms with van der Waals surface area (Å²) < 4.78 is 11.2. The van der Waals surface area contributed by atoms with Crippen molar-refractivity contribution in [3.63, 3.8) is 0 Å². The Morgan fingerprint density at radius 3 is 1.95 bits per heavy atom. The van der Waals surface area contributed by atoms with E-state index in [-0.39, 0.29) is 5.92 Å². The average molecular weight is 754 g/mol. The second-order valence-electron chi connectivity index (χ2n) is 15.5. The molecule has 8 aromatic carbocycles. The summed E-state index contributed by atoms with van der Waals surface area (Å²) in [5, 5.41) is 16.6. The predicted molar refractivity (Wildman–Crippen MR) is 245 cm³/mol. The molecule has 0 amide bonds. The number of fused-ring (bicyclic) bond motifs is 9. The van der Waals surface area contributed by atoms with Crippen LogP contribution in [0.1, 0.15) is 6.42 Å². The van der Waals surface area contributed by atoms with Crippen LogP contribution in [0.3, 0.4) is 0 Å². The molecule has 0 saturated carbocycles. The lowest BCUT2D eigenvalue weighted by Gasteiger charge is -2.14. The van der Waals surface area contributed by atoms with E-state index in [0.29, 0.717) is 6.42 Å². The van der Waals surface area contributed by atoms with Crippen molar-refractivity contribution in [1.29, 1.82) is 5.26 Å². The Morgan fingerprint density at radius 2 is 1.12 bits per heavy atom. The van der Waals surface area contributed by atoms with Crippen LogP contribution in [0.4, 0.5) is 0 Å². The zero-order chi connectivity index (χ0) is 39.0. The van der Waals surface area contributed by atoms with Crippen LogP contribution in [0.5, 0.6) is 0 Å². The van der Waals surface area contributed by atoms with Crippen LogP contribution in [-0.2, 0) is 0 Å². The van der Waals surface area contributed by atoms with Gasteiger partial charge in [-0.2, -0.15) is 5.26 Å². The van der Waals surface area contributed by atoms with Crippen LogP contribution in [0, 0.1) is 17.2 Å². The molecular weight excluding hydrogens is 719 g/mol. The van der Waals surface area contributed by atoms with Crippen LogP contribution < -0.4 is 0 Å². The molecule has 0 saturated heterocycles. The van der Waals surface area contributed by atoms with E-state index in [4.69, 9.17) is 4.42 Å². The SMILES string of the molecule is N#CC1C=CC(n2c3ccccc3c3c(-c4cccc(-c5ccc6c(c5)c5cc(-c7cccc8c7oc7ccccc78)ccc5n6-c5ccccc5)c4)cccc32)=CC1. The van der Waals surface area contributed by atoms with Gasteiger partial charge in [0.25, 0.3) is 0 Å². The zero-order valence-electron chi connectivity index (χ0n) is 32.0. The number of allylic oxidation sites excluding steroid dienone is 4. The molecule has 4 heteroatoms. The molecule has 0 N–H and O–H groups in total. The standard InChI is InChI=1S/C55H35N3O/c56-34-35-23-27-41(28-24-35)58-49-20-6-4-16-46(49)54-42(17-10-21-52(54)58)38-12-8-11-36(31-38)37-25-29-50-47(32-37)48-33-39(26-30-51(48)57(50)40-13-2-1-3-14-40)43-18-9-19-45-44-15-5-7-22-53(44)59-55(43)45/h1-23,25-33,35H,24H2. The molecule has 1 unspecified atom stereocenters. The first-order chi connectivity index (χ1) is 29.2. The Kier molecular flexibility index (Phi) is 7.39. The molecule has 59 heavy (non-hydrogen) atoms. The number of hydrogen-bond donors (Lipinski definition) is 0. The number of rotatable bonds is 5. The van der Waals surface area contributed by atoms with Gasteiger partial charge < -0.3 is 13.6 Å². The van der Waals surface area contributed by atoms with E-state index in [2.05, 4.69) is 191 Å². The maximum absolute atomic E-state index is 9.53. The van der Waals surface area contributed by atoms with Gasteiger partial charge in [0.1, 0.15) is 11.2 Å². The summed E-state index contributed by atoms with van der Waals surface area (Å²) in [5.41, 5.74) is 15.6. The van der Waals surface area contributed by atoms with Crippen molar-refractivity contribution in [2.75, 3.05) is 0 Å². The normalized spacial score (nSPS) is 14.2. The molecular formula is C55H35N3O. The smallest absolute Gasteiger partial charge is 0.143 e. The third kappa shape index (κ3) is 5.15. The highest BCUT2D eigenvalue weighted by molar-refractivity contribution is 6.17. The first-order valence-electron chi connectivity index (χ1n) is 20.2. The number of nitrogens with zero attached hydrogens (tertiary/aromatic N) is 3. The number of aromatic nitrogens is 2. The summed E-state index contributed by atoms with van der Waals surface area (Å²) in [4.78, 5) is 0. The summed E-state index contributed by atoms with van der Waals surface area (Å²) in [6.07, 6.45) is 7.04. The van der Waals surface area contributed by atoms with Crippen molar-refractivity contribution in [2.45, 2.75) is 6.42 Å². The number of nitriles is 1. The number of benzene rings is 8. The Morgan fingerprint density at radius 1 is 0.492 bits per heavy atom. The first-order valence-corrected chi connectivity index (χ1v) is 20.2. The van der Waals surface area contributed by atoms with Crippen LogP contribution in [-0.4, -0.2) is 9.13 Å². The molecule has 3 heterocycles. The van der Waals surface area contributed by atoms with Crippen molar-refractivity contribution in [2.24, 2.45) is 5.92 Å². The maximum Gasteiger partial charge on any atom is 0.143 e. The summed E-state index contributed by atoms with van der Waals surface area (Å²) in [6.45, 7) is 0.